The summed E-state index contributed by atoms with van der Waals surface area (Å²) in [7, 11) is 1.49. The first-order valence-corrected chi connectivity index (χ1v) is 9.76. The van der Waals surface area contributed by atoms with Crippen LogP contribution in [0, 0.1) is 0 Å². The molecule has 0 radical (unpaired) electrons. The number of fused-ring (bicyclic) bond motifs is 1. The van der Waals surface area contributed by atoms with E-state index >= 15 is 0 Å². The third-order valence-corrected chi connectivity index (χ3v) is 4.88. The minimum Gasteiger partial charge on any atom is -0.383 e. The van der Waals surface area contributed by atoms with E-state index in [4.69, 9.17) is 4.74 Å². The second kappa shape index (κ2) is 8.80. The quantitative estimate of drug-likeness (QED) is 0.447. The van der Waals surface area contributed by atoms with Gasteiger partial charge < -0.3 is 10.1 Å². The number of halogens is 3. The van der Waals surface area contributed by atoms with Crippen LogP contribution in [-0.4, -0.2) is 34.8 Å². The Bertz CT molecular complexity index is 1320. The van der Waals surface area contributed by atoms with Gasteiger partial charge >= 0.3 is 6.18 Å². The predicted octanol–water partition coefficient (Wildman–Crippen LogP) is 4.52. The van der Waals surface area contributed by atoms with Crippen molar-refractivity contribution in [1.82, 2.24) is 14.5 Å². The summed E-state index contributed by atoms with van der Waals surface area (Å²) in [4.78, 5) is 20.9. The van der Waals surface area contributed by atoms with Crippen LogP contribution in [0.1, 0.15) is 5.69 Å². The van der Waals surface area contributed by atoms with Crippen LogP contribution in [0.2, 0.25) is 0 Å². The van der Waals surface area contributed by atoms with E-state index < -0.39 is 11.9 Å². The molecular formula is C23H19F3N4O2. The molecule has 0 fully saturated rings. The van der Waals surface area contributed by atoms with Gasteiger partial charge in [-0.3, -0.25) is 14.3 Å². The second-order valence-corrected chi connectivity index (χ2v) is 7.01. The molecule has 164 valence electrons. The van der Waals surface area contributed by atoms with E-state index in [-0.39, 0.29) is 24.5 Å². The lowest BCUT2D eigenvalue weighted by atomic mass is 10.1. The average Bonchev–Trinajstić information content (AvgIpc) is 2.78. The van der Waals surface area contributed by atoms with Crippen molar-refractivity contribution in [3.05, 3.63) is 83.0 Å². The Hall–Kier alpha value is -3.72. The molecule has 0 aliphatic rings. The molecule has 0 aliphatic carbocycles. The lowest BCUT2D eigenvalue weighted by Gasteiger charge is -2.15. The first kappa shape index (κ1) is 21.5. The van der Waals surface area contributed by atoms with Gasteiger partial charge in [0.05, 0.1) is 17.8 Å². The summed E-state index contributed by atoms with van der Waals surface area (Å²) < 4.78 is 45.8. The van der Waals surface area contributed by atoms with E-state index in [9.17, 15) is 18.0 Å². The second-order valence-electron chi connectivity index (χ2n) is 7.01. The highest BCUT2D eigenvalue weighted by atomic mass is 19.4. The zero-order chi connectivity index (χ0) is 22.7. The van der Waals surface area contributed by atoms with E-state index in [0.717, 1.165) is 17.0 Å². The average molecular weight is 440 g/mol. The number of nitrogens with one attached hydrogen (secondary N) is 1. The Morgan fingerprint density at radius 2 is 1.94 bits per heavy atom. The number of anilines is 1. The fourth-order valence-electron chi connectivity index (χ4n) is 3.32. The van der Waals surface area contributed by atoms with E-state index in [1.165, 1.54) is 23.8 Å². The maximum Gasteiger partial charge on any atom is 0.433 e. The number of benzene rings is 1. The minimum atomic E-state index is -4.58. The topological polar surface area (TPSA) is 69.0 Å². The van der Waals surface area contributed by atoms with Gasteiger partial charge in [-0.2, -0.15) is 13.2 Å². The van der Waals surface area contributed by atoms with Crippen LogP contribution in [0.4, 0.5) is 19.0 Å². The van der Waals surface area contributed by atoms with Crippen LogP contribution in [0.15, 0.2) is 71.8 Å². The highest BCUT2D eigenvalue weighted by molar-refractivity contribution is 5.80. The molecule has 32 heavy (non-hydrogen) atoms. The van der Waals surface area contributed by atoms with Crippen LogP contribution in [0.25, 0.3) is 27.7 Å². The van der Waals surface area contributed by atoms with Crippen LogP contribution in [0.5, 0.6) is 0 Å². The zero-order valence-corrected chi connectivity index (χ0v) is 17.1. The Morgan fingerprint density at radius 1 is 1.09 bits per heavy atom. The van der Waals surface area contributed by atoms with Crippen LogP contribution < -0.4 is 10.9 Å². The van der Waals surface area contributed by atoms with Crippen molar-refractivity contribution in [3.63, 3.8) is 0 Å². The molecule has 0 spiro atoms. The Morgan fingerprint density at radius 3 is 2.69 bits per heavy atom. The summed E-state index contributed by atoms with van der Waals surface area (Å²) in [6.45, 7) is 0.550. The number of hydrogen-bond donors (Lipinski definition) is 1. The van der Waals surface area contributed by atoms with Gasteiger partial charge in [0.25, 0.3) is 5.56 Å². The first-order chi connectivity index (χ1) is 15.4. The maximum atomic E-state index is 13.1. The van der Waals surface area contributed by atoms with Crippen molar-refractivity contribution in [2.75, 3.05) is 25.6 Å². The number of ether oxygens (including phenoxy) is 1. The third kappa shape index (κ3) is 4.47. The molecule has 0 bridgehead atoms. The third-order valence-electron chi connectivity index (χ3n) is 4.88. The van der Waals surface area contributed by atoms with Crippen molar-refractivity contribution >= 4 is 16.7 Å². The Labute approximate surface area is 181 Å². The molecule has 0 saturated carbocycles. The predicted molar refractivity (Wildman–Crippen MR) is 116 cm³/mol. The summed E-state index contributed by atoms with van der Waals surface area (Å²) in [5.41, 5.74) is 0.873. The number of hydrogen-bond acceptors (Lipinski definition) is 5. The van der Waals surface area contributed by atoms with Gasteiger partial charge in [-0.05, 0) is 42.0 Å². The molecule has 0 amide bonds. The van der Waals surface area contributed by atoms with E-state index in [0.29, 0.717) is 16.8 Å². The summed E-state index contributed by atoms with van der Waals surface area (Å²) in [6.07, 6.45) is -1.32. The molecule has 4 rings (SSSR count). The van der Waals surface area contributed by atoms with Gasteiger partial charge in [-0.25, -0.2) is 4.98 Å². The smallest absolute Gasteiger partial charge is 0.383 e. The molecule has 0 unspecified atom stereocenters. The van der Waals surface area contributed by atoms with Crippen molar-refractivity contribution in [2.45, 2.75) is 6.18 Å². The molecular weight excluding hydrogens is 421 g/mol. The lowest BCUT2D eigenvalue weighted by molar-refractivity contribution is -0.141. The molecule has 0 saturated heterocycles. The van der Waals surface area contributed by atoms with Gasteiger partial charge in [0, 0.05) is 43.1 Å². The molecule has 4 aromatic rings. The van der Waals surface area contributed by atoms with Crippen molar-refractivity contribution in [3.8, 4) is 16.8 Å². The lowest BCUT2D eigenvalue weighted by Crippen LogP contribution is -2.17. The normalized spacial score (nSPS) is 11.6. The van der Waals surface area contributed by atoms with Gasteiger partial charge in [0.2, 0.25) is 0 Å². The Kier molecular flexibility index (Phi) is 5.91. The van der Waals surface area contributed by atoms with Crippen molar-refractivity contribution in [1.29, 1.82) is 0 Å². The molecule has 1 N–H and O–H groups in total. The van der Waals surface area contributed by atoms with Crippen LogP contribution >= 0.6 is 0 Å². The SMILES string of the molecule is COCCNc1nc(C(F)(F)F)ccc1-c1ccn(-c2ccc3cccnc3c2)c(=O)c1. The fraction of sp³-hybridized carbons (Fsp3) is 0.174. The van der Waals surface area contributed by atoms with Crippen LogP contribution in [0.3, 0.4) is 0 Å². The largest absolute Gasteiger partial charge is 0.433 e. The van der Waals surface area contributed by atoms with E-state index in [1.807, 2.05) is 24.3 Å². The van der Waals surface area contributed by atoms with E-state index in [1.54, 1.807) is 24.5 Å². The molecule has 3 aromatic heterocycles. The number of methoxy groups -OCH3 is 1. The fourth-order valence-corrected chi connectivity index (χ4v) is 3.32. The standard InChI is InChI=1S/C23H19F3N4O2/c1-32-12-10-28-22-18(6-7-20(29-22)23(24,25)26)16-8-11-30(21(31)13-16)17-5-4-15-3-2-9-27-19(15)14-17/h2-9,11,13-14H,10,12H2,1H3,(H,28,29). The highest BCUT2D eigenvalue weighted by Gasteiger charge is 2.33. The van der Waals surface area contributed by atoms with Gasteiger partial charge in [-0.1, -0.05) is 12.1 Å². The Balaban J connectivity index is 1.73. The maximum absolute atomic E-state index is 13.1. The molecule has 9 heteroatoms. The van der Waals surface area contributed by atoms with Crippen molar-refractivity contribution < 1.29 is 17.9 Å². The monoisotopic (exact) mass is 440 g/mol. The molecule has 0 aliphatic heterocycles. The molecule has 0 atom stereocenters. The number of nitrogens with zero attached hydrogens (tertiary/aromatic N) is 3. The van der Waals surface area contributed by atoms with Crippen molar-refractivity contribution in [2.24, 2.45) is 0 Å². The summed E-state index contributed by atoms with van der Waals surface area (Å²) >= 11 is 0. The minimum absolute atomic E-state index is 0.0314. The van der Waals surface area contributed by atoms with Crippen LogP contribution in [-0.2, 0) is 10.9 Å². The number of pyridine rings is 3. The van der Waals surface area contributed by atoms with E-state index in [2.05, 4.69) is 15.3 Å². The number of rotatable bonds is 6. The summed E-state index contributed by atoms with van der Waals surface area (Å²) in [6, 6.07) is 14.5. The molecule has 1 aromatic carbocycles. The van der Waals surface area contributed by atoms with Gasteiger partial charge in [-0.15, -0.1) is 0 Å². The number of alkyl halides is 3. The number of aromatic nitrogens is 3. The summed E-state index contributed by atoms with van der Waals surface area (Å²) in [5, 5.41) is 3.81. The highest BCUT2D eigenvalue weighted by Crippen LogP contribution is 2.33. The van der Waals surface area contributed by atoms with Gasteiger partial charge in [0.1, 0.15) is 11.5 Å². The first-order valence-electron chi connectivity index (χ1n) is 9.76. The molecule has 3 heterocycles. The zero-order valence-electron chi connectivity index (χ0n) is 17.1. The van der Waals surface area contributed by atoms with Gasteiger partial charge in [0.15, 0.2) is 0 Å². The molecule has 6 nitrogen and oxygen atoms in total. The summed E-state index contributed by atoms with van der Waals surface area (Å²) in [5.74, 6) is 0.0314.